The second-order valence-corrected chi connectivity index (χ2v) is 5.03. The van der Waals surface area contributed by atoms with Crippen LogP contribution in [0.2, 0.25) is 0 Å². The lowest BCUT2D eigenvalue weighted by atomic mass is 9.99. The largest absolute Gasteiger partial charge is 0.481 e. The molecule has 0 bridgehead atoms. The van der Waals surface area contributed by atoms with Crippen molar-refractivity contribution in [2.24, 2.45) is 11.8 Å². The lowest BCUT2D eigenvalue weighted by Crippen LogP contribution is -2.23. The average Bonchev–Trinajstić information content (AvgIpc) is 2.73. The highest BCUT2D eigenvalue weighted by Crippen LogP contribution is 2.25. The zero-order valence-corrected chi connectivity index (χ0v) is 10.6. The maximum absolute atomic E-state index is 13.7. The predicted molar refractivity (Wildman–Crippen MR) is 66.7 cm³/mol. The van der Waals surface area contributed by atoms with Crippen LogP contribution in [0.5, 0.6) is 0 Å². The quantitative estimate of drug-likeness (QED) is 0.903. The second-order valence-electron chi connectivity index (χ2n) is 5.03. The van der Waals surface area contributed by atoms with E-state index in [2.05, 4.69) is 0 Å². The summed E-state index contributed by atoms with van der Waals surface area (Å²) in [6.07, 6.45) is 0. The monoisotopic (exact) mass is 262 g/mol. The minimum Gasteiger partial charge on any atom is -0.481 e. The molecule has 2 rings (SSSR count). The van der Waals surface area contributed by atoms with Crippen LogP contribution in [0.15, 0.2) is 18.2 Å². The number of likely N-dealkylation sites (tertiary alicyclic amines) is 1. The topological polar surface area (TPSA) is 64.3 Å². The first-order valence-electron chi connectivity index (χ1n) is 6.15. The summed E-state index contributed by atoms with van der Waals surface area (Å²) in [4.78, 5) is 13.0. The Labute approximate surface area is 111 Å². The van der Waals surface area contributed by atoms with Crippen molar-refractivity contribution in [3.8, 4) is 6.07 Å². The number of benzene rings is 1. The standard InChI is InChI=1S/C14H15FN2O2/c1-9-6-17(8-12(9)14(18)19)7-11-4-10(5-16)2-3-13(11)15/h2-4,9,12H,6-8H2,1H3,(H,18,19). The molecule has 1 aromatic carbocycles. The third-order valence-corrected chi connectivity index (χ3v) is 3.57. The molecule has 19 heavy (non-hydrogen) atoms. The Kier molecular flexibility index (Phi) is 3.82. The smallest absolute Gasteiger partial charge is 0.308 e. The van der Waals surface area contributed by atoms with Gasteiger partial charge in [-0.2, -0.15) is 5.26 Å². The van der Waals surface area contributed by atoms with E-state index < -0.39 is 11.9 Å². The minimum atomic E-state index is -0.804. The molecule has 0 spiro atoms. The Hall–Kier alpha value is -1.93. The molecule has 0 aromatic heterocycles. The van der Waals surface area contributed by atoms with Gasteiger partial charge in [-0.1, -0.05) is 6.92 Å². The van der Waals surface area contributed by atoms with E-state index in [4.69, 9.17) is 10.4 Å². The van der Waals surface area contributed by atoms with E-state index in [-0.39, 0.29) is 11.7 Å². The van der Waals surface area contributed by atoms with Gasteiger partial charge in [0.2, 0.25) is 0 Å². The summed E-state index contributed by atoms with van der Waals surface area (Å²) in [5.74, 6) is -1.51. The number of halogens is 1. The molecule has 1 saturated heterocycles. The zero-order chi connectivity index (χ0) is 14.0. The summed E-state index contributed by atoms with van der Waals surface area (Å²) < 4.78 is 13.7. The van der Waals surface area contributed by atoms with Crippen LogP contribution in [-0.2, 0) is 11.3 Å². The molecule has 1 fully saturated rings. The SMILES string of the molecule is CC1CN(Cc2cc(C#N)ccc2F)CC1C(=O)O. The van der Waals surface area contributed by atoms with Crippen molar-refractivity contribution >= 4 is 5.97 Å². The highest BCUT2D eigenvalue weighted by atomic mass is 19.1. The number of nitrogens with zero attached hydrogens (tertiary/aromatic N) is 2. The van der Waals surface area contributed by atoms with Gasteiger partial charge in [0.1, 0.15) is 5.82 Å². The van der Waals surface area contributed by atoms with Gasteiger partial charge in [-0.3, -0.25) is 9.69 Å². The van der Waals surface area contributed by atoms with Gasteiger partial charge in [0.25, 0.3) is 0 Å². The van der Waals surface area contributed by atoms with Crippen molar-refractivity contribution in [3.63, 3.8) is 0 Å². The summed E-state index contributed by atoms with van der Waals surface area (Å²) in [6, 6.07) is 6.21. The van der Waals surface area contributed by atoms with Crippen LogP contribution in [0.25, 0.3) is 0 Å². The summed E-state index contributed by atoms with van der Waals surface area (Å²) in [5.41, 5.74) is 0.857. The molecule has 1 aliphatic heterocycles. The van der Waals surface area contributed by atoms with E-state index in [1.54, 1.807) is 0 Å². The lowest BCUT2D eigenvalue weighted by Gasteiger charge is -2.15. The second kappa shape index (κ2) is 5.37. The van der Waals surface area contributed by atoms with Crippen LogP contribution >= 0.6 is 0 Å². The fourth-order valence-electron chi connectivity index (χ4n) is 2.52. The molecule has 5 heteroatoms. The summed E-state index contributed by atoms with van der Waals surface area (Å²) in [6.45, 7) is 3.29. The summed E-state index contributed by atoms with van der Waals surface area (Å²) in [5, 5.41) is 17.9. The molecule has 1 aromatic rings. The van der Waals surface area contributed by atoms with E-state index in [9.17, 15) is 9.18 Å². The Morgan fingerprint density at radius 1 is 1.58 bits per heavy atom. The highest BCUT2D eigenvalue weighted by molar-refractivity contribution is 5.71. The van der Waals surface area contributed by atoms with E-state index in [1.807, 2.05) is 17.9 Å². The molecule has 0 amide bonds. The van der Waals surface area contributed by atoms with E-state index in [0.717, 1.165) is 0 Å². The van der Waals surface area contributed by atoms with E-state index >= 15 is 0 Å². The first kappa shape index (κ1) is 13.5. The van der Waals surface area contributed by atoms with Crippen LogP contribution in [0, 0.1) is 29.0 Å². The zero-order valence-electron chi connectivity index (χ0n) is 10.6. The Bertz CT molecular complexity index is 539. The van der Waals surface area contributed by atoms with Crippen molar-refractivity contribution in [1.29, 1.82) is 5.26 Å². The van der Waals surface area contributed by atoms with E-state index in [1.165, 1.54) is 18.2 Å². The Morgan fingerprint density at radius 3 is 2.89 bits per heavy atom. The highest BCUT2D eigenvalue weighted by Gasteiger charge is 2.34. The van der Waals surface area contributed by atoms with Gasteiger partial charge in [0, 0.05) is 25.2 Å². The predicted octanol–water partition coefficient (Wildman–Crippen LogP) is 1.85. The van der Waals surface area contributed by atoms with Gasteiger partial charge in [0.05, 0.1) is 17.6 Å². The molecule has 1 heterocycles. The van der Waals surface area contributed by atoms with Gasteiger partial charge >= 0.3 is 5.97 Å². The van der Waals surface area contributed by atoms with Gasteiger partial charge in [-0.25, -0.2) is 4.39 Å². The molecule has 4 nitrogen and oxygen atoms in total. The maximum Gasteiger partial charge on any atom is 0.308 e. The van der Waals surface area contributed by atoms with E-state index in [0.29, 0.717) is 30.8 Å². The first-order chi connectivity index (χ1) is 9.01. The van der Waals surface area contributed by atoms with Crippen molar-refractivity contribution in [3.05, 3.63) is 35.1 Å². The first-order valence-corrected chi connectivity index (χ1v) is 6.15. The number of carboxylic acid groups (broad SMARTS) is 1. The normalized spacial score (nSPS) is 23.2. The molecule has 0 radical (unpaired) electrons. The van der Waals surface area contributed by atoms with Crippen molar-refractivity contribution in [1.82, 2.24) is 4.90 Å². The molecular weight excluding hydrogens is 247 g/mol. The number of hydrogen-bond acceptors (Lipinski definition) is 3. The van der Waals surface area contributed by atoms with Crippen LogP contribution in [-0.4, -0.2) is 29.1 Å². The molecule has 2 unspecified atom stereocenters. The average molecular weight is 262 g/mol. The molecule has 1 N–H and O–H groups in total. The number of rotatable bonds is 3. The Morgan fingerprint density at radius 2 is 2.32 bits per heavy atom. The van der Waals surface area contributed by atoms with Crippen LogP contribution in [0.4, 0.5) is 4.39 Å². The molecule has 1 aliphatic rings. The number of carbonyl (C=O) groups is 1. The number of nitriles is 1. The van der Waals surface area contributed by atoms with Gasteiger partial charge in [0.15, 0.2) is 0 Å². The third-order valence-electron chi connectivity index (χ3n) is 3.57. The fraction of sp³-hybridized carbons (Fsp3) is 0.429. The summed E-state index contributed by atoms with van der Waals surface area (Å²) in [7, 11) is 0. The molecular formula is C14H15FN2O2. The number of hydrogen-bond donors (Lipinski definition) is 1. The molecule has 0 saturated carbocycles. The van der Waals surface area contributed by atoms with Crippen molar-refractivity contribution in [2.75, 3.05) is 13.1 Å². The maximum atomic E-state index is 13.7. The van der Waals surface area contributed by atoms with Gasteiger partial charge in [-0.15, -0.1) is 0 Å². The van der Waals surface area contributed by atoms with Crippen molar-refractivity contribution < 1.29 is 14.3 Å². The number of carboxylic acids is 1. The van der Waals surface area contributed by atoms with Crippen LogP contribution in [0.1, 0.15) is 18.1 Å². The van der Waals surface area contributed by atoms with Gasteiger partial charge in [-0.05, 0) is 24.1 Å². The third kappa shape index (κ3) is 2.91. The van der Waals surface area contributed by atoms with Crippen LogP contribution in [0.3, 0.4) is 0 Å². The molecule has 2 atom stereocenters. The minimum absolute atomic E-state index is 0.0553. The molecule has 0 aliphatic carbocycles. The summed E-state index contributed by atoms with van der Waals surface area (Å²) >= 11 is 0. The fourth-order valence-corrected chi connectivity index (χ4v) is 2.52. The number of aliphatic carboxylic acids is 1. The van der Waals surface area contributed by atoms with Gasteiger partial charge < -0.3 is 5.11 Å². The molecule has 100 valence electrons. The lowest BCUT2D eigenvalue weighted by molar-refractivity contribution is -0.142. The van der Waals surface area contributed by atoms with Crippen molar-refractivity contribution in [2.45, 2.75) is 13.5 Å². The van der Waals surface area contributed by atoms with Crippen LogP contribution < -0.4 is 0 Å². The Balaban J connectivity index is 2.11.